The van der Waals surface area contributed by atoms with Gasteiger partial charge in [0.1, 0.15) is 11.5 Å². The van der Waals surface area contributed by atoms with Crippen LogP contribution in [-0.2, 0) is 6.42 Å². The van der Waals surface area contributed by atoms with E-state index in [-0.39, 0.29) is 5.82 Å². The second-order valence-electron chi connectivity index (χ2n) is 6.01. The van der Waals surface area contributed by atoms with Crippen molar-refractivity contribution in [1.29, 1.82) is 0 Å². The van der Waals surface area contributed by atoms with Crippen LogP contribution in [0.15, 0.2) is 30.3 Å². The molecule has 0 unspecified atom stereocenters. The fourth-order valence-electron chi connectivity index (χ4n) is 2.54. The third kappa shape index (κ3) is 2.69. The zero-order valence-electron chi connectivity index (χ0n) is 13.2. The van der Waals surface area contributed by atoms with Gasteiger partial charge >= 0.3 is 0 Å². The quantitative estimate of drug-likeness (QED) is 0.615. The highest BCUT2D eigenvalue weighted by atomic mass is 32.1. The average molecular weight is 342 g/mol. The Labute approximate surface area is 141 Å². The molecule has 0 spiro atoms. The Hall–Kier alpha value is -2.61. The molecule has 0 bridgehead atoms. The minimum absolute atomic E-state index is 0.315. The van der Waals surface area contributed by atoms with Crippen LogP contribution < -0.4 is 0 Å². The summed E-state index contributed by atoms with van der Waals surface area (Å²) in [6.45, 7) is 4.32. The highest BCUT2D eigenvalue weighted by molar-refractivity contribution is 7.19. The standard InChI is InChI=1S/C16H15FN6S/c1-9(2)6-12-8-13(19-18-12)15-22-23-14(20-21-16(23)24-15)10-4-3-5-11(17)7-10/h3-5,7-9H,6H2,1-2H3,(H,18,19). The molecule has 24 heavy (non-hydrogen) atoms. The lowest BCUT2D eigenvalue weighted by molar-refractivity contribution is 0.628. The summed E-state index contributed by atoms with van der Waals surface area (Å²) in [5.74, 6) is 0.756. The molecule has 0 aliphatic heterocycles. The summed E-state index contributed by atoms with van der Waals surface area (Å²) in [5.41, 5.74) is 2.50. The molecule has 0 aliphatic rings. The molecule has 1 aromatic carbocycles. The van der Waals surface area contributed by atoms with E-state index in [1.54, 1.807) is 16.6 Å². The number of nitrogens with one attached hydrogen (secondary N) is 1. The molecule has 4 rings (SSSR count). The summed E-state index contributed by atoms with van der Waals surface area (Å²) < 4.78 is 15.1. The van der Waals surface area contributed by atoms with Crippen molar-refractivity contribution in [1.82, 2.24) is 30.0 Å². The number of benzene rings is 1. The molecule has 3 aromatic heterocycles. The number of aromatic nitrogens is 6. The number of hydrogen-bond donors (Lipinski definition) is 1. The monoisotopic (exact) mass is 342 g/mol. The number of hydrogen-bond acceptors (Lipinski definition) is 5. The van der Waals surface area contributed by atoms with Crippen molar-refractivity contribution >= 4 is 16.3 Å². The van der Waals surface area contributed by atoms with Crippen LogP contribution in [0, 0.1) is 11.7 Å². The molecule has 122 valence electrons. The van der Waals surface area contributed by atoms with Crippen molar-refractivity contribution in [3.63, 3.8) is 0 Å². The van der Waals surface area contributed by atoms with Gasteiger partial charge in [0.25, 0.3) is 0 Å². The SMILES string of the molecule is CC(C)Cc1cc(-c2nn3c(-c4cccc(F)c4)nnc3s2)n[nH]1. The smallest absolute Gasteiger partial charge is 0.235 e. The van der Waals surface area contributed by atoms with Crippen LogP contribution in [0.3, 0.4) is 0 Å². The molecule has 0 aliphatic carbocycles. The first-order valence-corrected chi connectivity index (χ1v) is 8.44. The molecule has 1 N–H and O–H groups in total. The first-order chi connectivity index (χ1) is 11.6. The van der Waals surface area contributed by atoms with Crippen LogP contribution in [0.25, 0.3) is 27.1 Å². The Bertz CT molecular complexity index is 999. The fourth-order valence-corrected chi connectivity index (χ4v) is 3.34. The second kappa shape index (κ2) is 5.79. The van der Waals surface area contributed by atoms with Crippen LogP contribution in [0.4, 0.5) is 4.39 Å². The fraction of sp³-hybridized carbons (Fsp3) is 0.250. The van der Waals surface area contributed by atoms with Crippen LogP contribution in [0.5, 0.6) is 0 Å². The maximum Gasteiger partial charge on any atom is 0.235 e. The lowest BCUT2D eigenvalue weighted by Gasteiger charge is -1.98. The Morgan fingerprint density at radius 3 is 2.92 bits per heavy atom. The number of halogens is 1. The van der Waals surface area contributed by atoms with Crippen molar-refractivity contribution in [2.24, 2.45) is 5.92 Å². The van der Waals surface area contributed by atoms with Gasteiger partial charge in [-0.25, -0.2) is 4.39 Å². The van der Waals surface area contributed by atoms with E-state index in [0.717, 1.165) is 22.8 Å². The van der Waals surface area contributed by atoms with Gasteiger partial charge in [-0.2, -0.15) is 14.7 Å². The Morgan fingerprint density at radius 2 is 2.12 bits per heavy atom. The molecule has 0 saturated heterocycles. The molecule has 8 heteroatoms. The van der Waals surface area contributed by atoms with Crippen molar-refractivity contribution in [2.75, 3.05) is 0 Å². The van der Waals surface area contributed by atoms with E-state index in [2.05, 4.69) is 39.3 Å². The highest BCUT2D eigenvalue weighted by Crippen LogP contribution is 2.27. The molecular weight excluding hydrogens is 327 g/mol. The Kier molecular flexibility index (Phi) is 3.61. The van der Waals surface area contributed by atoms with Gasteiger partial charge in [0, 0.05) is 11.3 Å². The van der Waals surface area contributed by atoms with Crippen LogP contribution in [-0.4, -0.2) is 30.0 Å². The molecule has 0 fully saturated rings. The molecule has 3 heterocycles. The molecule has 0 atom stereocenters. The zero-order chi connectivity index (χ0) is 16.7. The summed E-state index contributed by atoms with van der Waals surface area (Å²) in [6.07, 6.45) is 0.936. The average Bonchev–Trinajstić information content (AvgIpc) is 3.20. The maximum absolute atomic E-state index is 13.4. The molecule has 0 amide bonds. The summed E-state index contributed by atoms with van der Waals surface area (Å²) in [4.78, 5) is 0.651. The van der Waals surface area contributed by atoms with Crippen molar-refractivity contribution in [2.45, 2.75) is 20.3 Å². The van der Waals surface area contributed by atoms with E-state index in [9.17, 15) is 4.39 Å². The number of rotatable bonds is 4. The van der Waals surface area contributed by atoms with Gasteiger partial charge in [0.2, 0.25) is 4.96 Å². The molecule has 4 aromatic rings. The molecule has 0 saturated carbocycles. The maximum atomic E-state index is 13.4. The third-order valence-corrected chi connectivity index (χ3v) is 4.47. The number of nitrogens with zero attached hydrogens (tertiary/aromatic N) is 5. The van der Waals surface area contributed by atoms with Crippen LogP contribution >= 0.6 is 11.3 Å². The van der Waals surface area contributed by atoms with Crippen molar-refractivity contribution in [3.05, 3.63) is 41.8 Å². The normalized spacial score (nSPS) is 11.7. The van der Waals surface area contributed by atoms with Gasteiger partial charge in [0.05, 0.1) is 0 Å². The van der Waals surface area contributed by atoms with E-state index in [1.807, 2.05) is 6.07 Å². The van der Waals surface area contributed by atoms with E-state index >= 15 is 0 Å². The zero-order valence-corrected chi connectivity index (χ0v) is 14.0. The van der Waals surface area contributed by atoms with Gasteiger partial charge in [-0.1, -0.05) is 37.3 Å². The minimum Gasteiger partial charge on any atom is -0.282 e. The number of H-pyrrole nitrogens is 1. The summed E-state index contributed by atoms with van der Waals surface area (Å²) in [6, 6.07) is 8.26. The topological polar surface area (TPSA) is 71.8 Å². The van der Waals surface area contributed by atoms with Crippen molar-refractivity contribution in [3.8, 4) is 22.1 Å². The van der Waals surface area contributed by atoms with Gasteiger partial charge in [-0.3, -0.25) is 5.10 Å². The third-order valence-electron chi connectivity index (χ3n) is 3.55. The second-order valence-corrected chi connectivity index (χ2v) is 6.97. The minimum atomic E-state index is -0.315. The van der Waals surface area contributed by atoms with Gasteiger partial charge in [0.15, 0.2) is 10.8 Å². The predicted octanol–water partition coefficient (Wildman–Crippen LogP) is 3.58. The van der Waals surface area contributed by atoms with E-state index in [4.69, 9.17) is 0 Å². The predicted molar refractivity (Wildman–Crippen MR) is 90.2 cm³/mol. The summed E-state index contributed by atoms with van der Waals surface area (Å²) in [5, 5.41) is 20.9. The van der Waals surface area contributed by atoms with Gasteiger partial charge < -0.3 is 0 Å². The first kappa shape index (κ1) is 14.9. The molecule has 0 radical (unpaired) electrons. The lowest BCUT2D eigenvalue weighted by Crippen LogP contribution is -1.93. The Morgan fingerprint density at radius 1 is 1.25 bits per heavy atom. The van der Waals surface area contributed by atoms with Gasteiger partial charge in [-0.15, -0.1) is 10.2 Å². The van der Waals surface area contributed by atoms with E-state index in [0.29, 0.717) is 22.3 Å². The van der Waals surface area contributed by atoms with Crippen LogP contribution in [0.1, 0.15) is 19.5 Å². The summed E-state index contributed by atoms with van der Waals surface area (Å²) in [7, 11) is 0. The molecular formula is C16H15FN6S. The lowest BCUT2D eigenvalue weighted by atomic mass is 10.1. The van der Waals surface area contributed by atoms with Crippen molar-refractivity contribution < 1.29 is 4.39 Å². The number of aromatic amines is 1. The van der Waals surface area contributed by atoms with Crippen LogP contribution in [0.2, 0.25) is 0 Å². The molecule has 6 nitrogen and oxygen atoms in total. The summed E-state index contributed by atoms with van der Waals surface area (Å²) >= 11 is 1.40. The van der Waals surface area contributed by atoms with Gasteiger partial charge in [-0.05, 0) is 30.5 Å². The number of fused-ring (bicyclic) bond motifs is 1. The van der Waals surface area contributed by atoms with E-state index in [1.165, 1.54) is 23.5 Å². The highest BCUT2D eigenvalue weighted by Gasteiger charge is 2.16. The Balaban J connectivity index is 1.73. The van der Waals surface area contributed by atoms with E-state index < -0.39 is 0 Å². The largest absolute Gasteiger partial charge is 0.282 e. The first-order valence-electron chi connectivity index (χ1n) is 7.63.